The van der Waals surface area contributed by atoms with Crippen LogP contribution in [0.3, 0.4) is 0 Å². The Morgan fingerprint density at radius 2 is 2.05 bits per heavy atom. The average Bonchev–Trinajstić information content (AvgIpc) is 2.37. The second-order valence-corrected chi connectivity index (χ2v) is 5.75. The zero-order chi connectivity index (χ0) is 14.7. The van der Waals surface area contributed by atoms with Gasteiger partial charge >= 0.3 is 5.97 Å². The molecule has 1 aliphatic heterocycles. The second-order valence-electron chi connectivity index (χ2n) is 5.75. The summed E-state index contributed by atoms with van der Waals surface area (Å²) >= 11 is 0. The predicted molar refractivity (Wildman–Crippen MR) is 76.3 cm³/mol. The van der Waals surface area contributed by atoms with Gasteiger partial charge in [0.2, 0.25) is 5.91 Å². The van der Waals surface area contributed by atoms with E-state index in [4.69, 9.17) is 5.11 Å². The summed E-state index contributed by atoms with van der Waals surface area (Å²) in [5.41, 5.74) is 2.14. The number of carboxylic acids is 1. The van der Waals surface area contributed by atoms with Crippen molar-refractivity contribution in [2.24, 2.45) is 5.92 Å². The van der Waals surface area contributed by atoms with Crippen LogP contribution in [-0.2, 0) is 16.0 Å². The first-order valence-corrected chi connectivity index (χ1v) is 7.08. The normalized spacial score (nSPS) is 17.9. The maximum Gasteiger partial charge on any atom is 0.305 e. The van der Waals surface area contributed by atoms with Crippen molar-refractivity contribution in [3.63, 3.8) is 0 Å². The third-order valence-electron chi connectivity index (χ3n) is 3.68. The molecule has 1 aliphatic rings. The molecule has 1 heterocycles. The van der Waals surface area contributed by atoms with Gasteiger partial charge in [-0.25, -0.2) is 0 Å². The van der Waals surface area contributed by atoms with E-state index in [2.05, 4.69) is 0 Å². The SMILES string of the molecule is CC(C)CC(=O)N1CCc2ccccc2C1CC(=O)O. The van der Waals surface area contributed by atoms with E-state index in [1.165, 1.54) is 0 Å². The van der Waals surface area contributed by atoms with Crippen molar-refractivity contribution in [1.29, 1.82) is 0 Å². The van der Waals surface area contributed by atoms with Crippen molar-refractivity contribution >= 4 is 11.9 Å². The smallest absolute Gasteiger partial charge is 0.305 e. The Balaban J connectivity index is 2.29. The Morgan fingerprint density at radius 1 is 1.35 bits per heavy atom. The van der Waals surface area contributed by atoms with Crippen LogP contribution in [0.5, 0.6) is 0 Å². The minimum atomic E-state index is -0.867. The lowest BCUT2D eigenvalue weighted by molar-refractivity contribution is -0.141. The number of carboxylic acid groups (broad SMARTS) is 1. The zero-order valence-electron chi connectivity index (χ0n) is 12.0. The Morgan fingerprint density at radius 3 is 2.70 bits per heavy atom. The van der Waals surface area contributed by atoms with Gasteiger partial charge in [-0.2, -0.15) is 0 Å². The largest absolute Gasteiger partial charge is 0.481 e. The van der Waals surface area contributed by atoms with Gasteiger partial charge in [-0.15, -0.1) is 0 Å². The summed E-state index contributed by atoms with van der Waals surface area (Å²) in [6.45, 7) is 4.62. The van der Waals surface area contributed by atoms with Crippen molar-refractivity contribution in [3.05, 3.63) is 35.4 Å². The van der Waals surface area contributed by atoms with Gasteiger partial charge in [0, 0.05) is 13.0 Å². The van der Waals surface area contributed by atoms with Gasteiger partial charge in [-0.1, -0.05) is 38.1 Å². The first-order chi connectivity index (χ1) is 9.49. The maximum absolute atomic E-state index is 12.3. The van der Waals surface area contributed by atoms with Crippen LogP contribution in [0.1, 0.15) is 43.9 Å². The van der Waals surface area contributed by atoms with Crippen molar-refractivity contribution in [2.75, 3.05) is 6.54 Å². The minimum absolute atomic E-state index is 0.0269. The molecular weight excluding hydrogens is 254 g/mol. The molecule has 0 aromatic heterocycles. The van der Waals surface area contributed by atoms with Crippen molar-refractivity contribution in [3.8, 4) is 0 Å². The Kier molecular flexibility index (Phi) is 4.42. The Hall–Kier alpha value is -1.84. The number of nitrogens with zero attached hydrogens (tertiary/aromatic N) is 1. The number of hydrogen-bond acceptors (Lipinski definition) is 2. The minimum Gasteiger partial charge on any atom is -0.481 e. The van der Waals surface area contributed by atoms with Crippen LogP contribution >= 0.6 is 0 Å². The summed E-state index contributed by atoms with van der Waals surface area (Å²) in [7, 11) is 0. The van der Waals surface area contributed by atoms with Crippen LogP contribution in [0.25, 0.3) is 0 Å². The number of amides is 1. The topological polar surface area (TPSA) is 57.6 Å². The van der Waals surface area contributed by atoms with E-state index in [9.17, 15) is 9.59 Å². The molecule has 0 saturated heterocycles. The third-order valence-corrected chi connectivity index (χ3v) is 3.68. The van der Waals surface area contributed by atoms with Gasteiger partial charge < -0.3 is 10.0 Å². The fourth-order valence-corrected chi connectivity index (χ4v) is 2.80. The highest BCUT2D eigenvalue weighted by molar-refractivity contribution is 5.78. The van der Waals surface area contributed by atoms with Gasteiger partial charge in [0.1, 0.15) is 0 Å². The Bertz CT molecular complexity index is 510. The number of carbonyl (C=O) groups is 2. The summed E-state index contributed by atoms with van der Waals surface area (Å²) in [5, 5.41) is 9.13. The first kappa shape index (κ1) is 14.6. The van der Waals surface area contributed by atoms with Crippen LogP contribution in [0.15, 0.2) is 24.3 Å². The zero-order valence-corrected chi connectivity index (χ0v) is 12.0. The van der Waals surface area contributed by atoms with Crippen LogP contribution < -0.4 is 0 Å². The number of benzene rings is 1. The van der Waals surface area contributed by atoms with Gasteiger partial charge in [0.25, 0.3) is 0 Å². The van der Waals surface area contributed by atoms with E-state index < -0.39 is 5.97 Å². The van der Waals surface area contributed by atoms with E-state index >= 15 is 0 Å². The van der Waals surface area contributed by atoms with Crippen molar-refractivity contribution < 1.29 is 14.7 Å². The van der Waals surface area contributed by atoms with Gasteiger partial charge in [0.15, 0.2) is 0 Å². The molecule has 0 saturated carbocycles. The monoisotopic (exact) mass is 275 g/mol. The summed E-state index contributed by atoms with van der Waals surface area (Å²) in [6, 6.07) is 7.50. The molecule has 1 aromatic rings. The van der Waals surface area contributed by atoms with Crippen LogP contribution in [0.2, 0.25) is 0 Å². The second kappa shape index (κ2) is 6.07. The molecule has 2 rings (SSSR count). The fourth-order valence-electron chi connectivity index (χ4n) is 2.80. The molecule has 1 amide bonds. The third kappa shape index (κ3) is 3.18. The van der Waals surface area contributed by atoms with Crippen molar-refractivity contribution in [2.45, 2.75) is 39.2 Å². The van der Waals surface area contributed by atoms with Crippen LogP contribution in [-0.4, -0.2) is 28.4 Å². The number of carbonyl (C=O) groups excluding carboxylic acids is 1. The molecule has 1 unspecified atom stereocenters. The van der Waals surface area contributed by atoms with Crippen LogP contribution in [0.4, 0.5) is 0 Å². The molecule has 0 bridgehead atoms. The predicted octanol–water partition coefficient (Wildman–Crippen LogP) is 2.63. The highest BCUT2D eigenvalue weighted by Crippen LogP contribution is 2.33. The fraction of sp³-hybridized carbons (Fsp3) is 0.500. The molecule has 1 atom stereocenters. The average molecular weight is 275 g/mol. The lowest BCUT2D eigenvalue weighted by Crippen LogP contribution is -2.41. The lowest BCUT2D eigenvalue weighted by atomic mass is 9.90. The quantitative estimate of drug-likeness (QED) is 0.919. The van der Waals surface area contributed by atoms with E-state index in [1.54, 1.807) is 4.90 Å². The van der Waals surface area contributed by atoms with Crippen LogP contribution in [0, 0.1) is 5.92 Å². The van der Waals surface area contributed by atoms with Crippen molar-refractivity contribution in [1.82, 2.24) is 4.90 Å². The number of fused-ring (bicyclic) bond motifs is 1. The molecular formula is C16H21NO3. The molecule has 108 valence electrons. The Labute approximate surface area is 119 Å². The molecule has 1 N–H and O–H groups in total. The highest BCUT2D eigenvalue weighted by Gasteiger charge is 2.32. The lowest BCUT2D eigenvalue weighted by Gasteiger charge is -2.37. The number of aliphatic carboxylic acids is 1. The number of hydrogen-bond donors (Lipinski definition) is 1. The summed E-state index contributed by atoms with van der Waals surface area (Å²) in [6.07, 6.45) is 1.25. The van der Waals surface area contributed by atoms with E-state index in [-0.39, 0.29) is 24.3 Å². The summed E-state index contributed by atoms with van der Waals surface area (Å²) in [4.78, 5) is 25.2. The van der Waals surface area contributed by atoms with Gasteiger partial charge in [-0.3, -0.25) is 9.59 Å². The van der Waals surface area contributed by atoms with E-state index in [1.807, 2.05) is 38.1 Å². The molecule has 0 radical (unpaired) electrons. The maximum atomic E-state index is 12.3. The molecule has 4 heteroatoms. The summed E-state index contributed by atoms with van der Waals surface area (Å²) < 4.78 is 0. The van der Waals surface area contributed by atoms with E-state index in [0.717, 1.165) is 17.5 Å². The summed E-state index contributed by atoms with van der Waals surface area (Å²) in [5.74, 6) is -0.528. The van der Waals surface area contributed by atoms with E-state index in [0.29, 0.717) is 13.0 Å². The first-order valence-electron chi connectivity index (χ1n) is 7.08. The molecule has 0 fully saturated rings. The van der Waals surface area contributed by atoms with Gasteiger partial charge in [0.05, 0.1) is 12.5 Å². The molecule has 4 nitrogen and oxygen atoms in total. The molecule has 1 aromatic carbocycles. The molecule has 20 heavy (non-hydrogen) atoms. The molecule has 0 aliphatic carbocycles. The highest BCUT2D eigenvalue weighted by atomic mass is 16.4. The van der Waals surface area contributed by atoms with Gasteiger partial charge in [-0.05, 0) is 23.5 Å². The number of rotatable bonds is 4. The molecule has 0 spiro atoms. The standard InChI is InChI=1S/C16H21NO3/c1-11(2)9-15(18)17-8-7-12-5-3-4-6-13(12)14(17)10-16(19)20/h3-6,11,14H,7-10H2,1-2H3,(H,19,20).